The molecule has 1 aromatic carbocycles. The zero-order valence-corrected chi connectivity index (χ0v) is 13.6. The summed E-state index contributed by atoms with van der Waals surface area (Å²) in [6.45, 7) is 6.14. The molecule has 0 saturated carbocycles. The lowest BCUT2D eigenvalue weighted by Gasteiger charge is -2.05. The summed E-state index contributed by atoms with van der Waals surface area (Å²) < 4.78 is 3.50. The van der Waals surface area contributed by atoms with E-state index in [1.54, 1.807) is 0 Å². The van der Waals surface area contributed by atoms with Crippen molar-refractivity contribution in [3.05, 3.63) is 52.2 Å². The summed E-state index contributed by atoms with van der Waals surface area (Å²) in [5.74, 6) is 0. The highest BCUT2D eigenvalue weighted by atomic mass is 32.1. The lowest BCUT2D eigenvalue weighted by atomic mass is 10.1. The molecule has 3 rings (SSSR count). The van der Waals surface area contributed by atoms with Gasteiger partial charge >= 0.3 is 0 Å². The van der Waals surface area contributed by atoms with Crippen LogP contribution in [0.1, 0.15) is 22.5 Å². The molecule has 21 heavy (non-hydrogen) atoms. The van der Waals surface area contributed by atoms with E-state index in [4.69, 9.17) is 5.10 Å². The van der Waals surface area contributed by atoms with Crippen LogP contribution in [0.2, 0.25) is 0 Å². The summed E-state index contributed by atoms with van der Waals surface area (Å²) >= 11 is 1.81. The Balaban J connectivity index is 1.91. The maximum Gasteiger partial charge on any atom is 0.0676 e. The first-order valence-electron chi connectivity index (χ1n) is 7.33. The maximum absolute atomic E-state index is 4.74. The molecule has 110 valence electrons. The Morgan fingerprint density at radius 3 is 2.86 bits per heavy atom. The van der Waals surface area contributed by atoms with Gasteiger partial charge in [0.05, 0.1) is 12.2 Å². The first-order valence-corrected chi connectivity index (χ1v) is 8.21. The normalized spacial score (nSPS) is 11.4. The molecule has 0 spiro atoms. The fraction of sp³-hybridized carbons (Fsp3) is 0.353. The first kappa shape index (κ1) is 14.3. The molecule has 1 N–H and O–H groups in total. The number of rotatable bonds is 5. The number of nitrogens with one attached hydrogen (secondary N) is 1. The second kappa shape index (κ2) is 6.00. The lowest BCUT2D eigenvalue weighted by molar-refractivity contribution is 0.661. The molecular formula is C17H21N3S. The smallest absolute Gasteiger partial charge is 0.0676 e. The van der Waals surface area contributed by atoms with E-state index in [1.807, 2.05) is 18.4 Å². The van der Waals surface area contributed by atoms with E-state index in [1.165, 1.54) is 26.9 Å². The Morgan fingerprint density at radius 1 is 1.24 bits per heavy atom. The minimum atomic E-state index is 0.857. The van der Waals surface area contributed by atoms with Crippen LogP contribution in [0.25, 0.3) is 10.1 Å². The summed E-state index contributed by atoms with van der Waals surface area (Å²) in [4.78, 5) is 0. The van der Waals surface area contributed by atoms with Gasteiger partial charge in [-0.2, -0.15) is 5.10 Å². The van der Waals surface area contributed by atoms with Crippen molar-refractivity contribution in [2.24, 2.45) is 0 Å². The van der Waals surface area contributed by atoms with E-state index < -0.39 is 0 Å². The molecule has 0 unspecified atom stereocenters. The van der Waals surface area contributed by atoms with Crippen LogP contribution in [-0.4, -0.2) is 23.4 Å². The van der Waals surface area contributed by atoms with Gasteiger partial charge in [-0.05, 0) is 61.8 Å². The highest BCUT2D eigenvalue weighted by Crippen LogP contribution is 2.27. The van der Waals surface area contributed by atoms with Crippen molar-refractivity contribution in [3.8, 4) is 0 Å². The van der Waals surface area contributed by atoms with Gasteiger partial charge in [-0.15, -0.1) is 11.3 Å². The number of fused-ring (bicyclic) bond motifs is 1. The van der Waals surface area contributed by atoms with Gasteiger partial charge < -0.3 is 5.32 Å². The third kappa shape index (κ3) is 2.74. The zero-order chi connectivity index (χ0) is 14.8. The van der Waals surface area contributed by atoms with Crippen LogP contribution in [0.3, 0.4) is 0 Å². The van der Waals surface area contributed by atoms with Gasteiger partial charge in [0.2, 0.25) is 0 Å². The van der Waals surface area contributed by atoms with E-state index in [-0.39, 0.29) is 0 Å². The van der Waals surface area contributed by atoms with E-state index >= 15 is 0 Å². The van der Waals surface area contributed by atoms with Gasteiger partial charge in [-0.1, -0.05) is 18.2 Å². The standard InChI is InChI=1S/C17H21N3S/c1-12-15(8-9-18-3)13(2)20(19-12)10-14-11-21-17-7-5-4-6-16(14)17/h4-7,11,18H,8-10H2,1-3H3. The molecule has 0 aliphatic carbocycles. The molecule has 0 saturated heterocycles. The lowest BCUT2D eigenvalue weighted by Crippen LogP contribution is -2.11. The number of hydrogen-bond acceptors (Lipinski definition) is 3. The molecule has 3 aromatic rings. The van der Waals surface area contributed by atoms with Crippen molar-refractivity contribution >= 4 is 21.4 Å². The van der Waals surface area contributed by atoms with Gasteiger partial charge in [0, 0.05) is 10.4 Å². The minimum Gasteiger partial charge on any atom is -0.319 e. The van der Waals surface area contributed by atoms with Crippen LogP contribution in [0.5, 0.6) is 0 Å². The van der Waals surface area contributed by atoms with Crippen LogP contribution in [0.4, 0.5) is 0 Å². The summed E-state index contributed by atoms with van der Waals surface area (Å²) in [6, 6.07) is 8.59. The van der Waals surface area contributed by atoms with Crippen molar-refractivity contribution < 1.29 is 0 Å². The number of aryl methyl sites for hydroxylation is 1. The average Bonchev–Trinajstić information content (AvgIpc) is 3.01. The Hall–Kier alpha value is -1.65. The van der Waals surface area contributed by atoms with Crippen LogP contribution in [-0.2, 0) is 13.0 Å². The number of hydrogen-bond donors (Lipinski definition) is 1. The second-order valence-corrected chi connectivity index (χ2v) is 6.33. The van der Waals surface area contributed by atoms with Gasteiger partial charge in [-0.3, -0.25) is 4.68 Å². The zero-order valence-electron chi connectivity index (χ0n) is 12.8. The van der Waals surface area contributed by atoms with Gasteiger partial charge in [0.15, 0.2) is 0 Å². The van der Waals surface area contributed by atoms with Crippen molar-refractivity contribution in [1.29, 1.82) is 0 Å². The minimum absolute atomic E-state index is 0.857. The predicted molar refractivity (Wildman–Crippen MR) is 90.3 cm³/mol. The number of nitrogens with zero attached hydrogens (tertiary/aromatic N) is 2. The van der Waals surface area contributed by atoms with Crippen molar-refractivity contribution in [1.82, 2.24) is 15.1 Å². The van der Waals surface area contributed by atoms with Crippen LogP contribution in [0.15, 0.2) is 29.6 Å². The second-order valence-electron chi connectivity index (χ2n) is 5.42. The SMILES string of the molecule is CNCCc1c(C)nn(Cc2csc3ccccc23)c1C. The third-order valence-corrected chi connectivity index (χ3v) is 5.05. The molecule has 0 fully saturated rings. The summed E-state index contributed by atoms with van der Waals surface area (Å²) in [5.41, 5.74) is 5.19. The molecule has 3 nitrogen and oxygen atoms in total. The number of aromatic nitrogens is 2. The topological polar surface area (TPSA) is 29.9 Å². The van der Waals surface area contributed by atoms with E-state index in [0.717, 1.165) is 25.2 Å². The molecule has 0 amide bonds. The molecule has 2 heterocycles. The molecular weight excluding hydrogens is 278 g/mol. The average molecular weight is 299 g/mol. The number of thiophene rings is 1. The van der Waals surface area contributed by atoms with Crippen LogP contribution < -0.4 is 5.32 Å². The quantitative estimate of drug-likeness (QED) is 0.781. The summed E-state index contributed by atoms with van der Waals surface area (Å²) in [7, 11) is 1.99. The fourth-order valence-electron chi connectivity index (χ4n) is 2.82. The largest absolute Gasteiger partial charge is 0.319 e. The molecule has 0 bridgehead atoms. The summed E-state index contributed by atoms with van der Waals surface area (Å²) in [6.07, 6.45) is 1.04. The van der Waals surface area contributed by atoms with Crippen LogP contribution in [0, 0.1) is 13.8 Å². The Bertz CT molecular complexity index is 755. The first-order chi connectivity index (χ1) is 10.2. The van der Waals surface area contributed by atoms with Crippen LogP contribution >= 0.6 is 11.3 Å². The molecule has 0 aliphatic heterocycles. The molecule has 4 heteroatoms. The predicted octanol–water partition coefficient (Wildman–Crippen LogP) is 3.52. The number of likely N-dealkylation sites (N-methyl/N-ethyl adjacent to an activating group) is 1. The van der Waals surface area contributed by atoms with Gasteiger partial charge in [-0.25, -0.2) is 0 Å². The molecule has 0 atom stereocenters. The third-order valence-electron chi connectivity index (χ3n) is 4.04. The van der Waals surface area contributed by atoms with Crippen molar-refractivity contribution in [2.45, 2.75) is 26.8 Å². The molecule has 0 radical (unpaired) electrons. The highest BCUT2D eigenvalue weighted by molar-refractivity contribution is 7.17. The van der Waals surface area contributed by atoms with E-state index in [2.05, 4.69) is 53.5 Å². The van der Waals surface area contributed by atoms with Gasteiger partial charge in [0.1, 0.15) is 0 Å². The Kier molecular flexibility index (Phi) is 4.08. The monoisotopic (exact) mass is 299 g/mol. The van der Waals surface area contributed by atoms with E-state index in [0.29, 0.717) is 0 Å². The van der Waals surface area contributed by atoms with E-state index in [9.17, 15) is 0 Å². The molecule has 2 aromatic heterocycles. The molecule has 0 aliphatic rings. The number of benzene rings is 1. The maximum atomic E-state index is 4.74. The fourth-order valence-corrected chi connectivity index (χ4v) is 3.77. The van der Waals surface area contributed by atoms with Crippen molar-refractivity contribution in [3.63, 3.8) is 0 Å². The highest BCUT2D eigenvalue weighted by Gasteiger charge is 2.12. The van der Waals surface area contributed by atoms with Crippen molar-refractivity contribution in [2.75, 3.05) is 13.6 Å². The Morgan fingerprint density at radius 2 is 2.05 bits per heavy atom. The van der Waals surface area contributed by atoms with Gasteiger partial charge in [0.25, 0.3) is 0 Å². The Labute approximate surface area is 129 Å². The summed E-state index contributed by atoms with van der Waals surface area (Å²) in [5, 5.41) is 11.6.